The molecule has 23 heavy (non-hydrogen) atoms. The van der Waals surface area contributed by atoms with Gasteiger partial charge in [0.1, 0.15) is 0 Å². The lowest BCUT2D eigenvalue weighted by Crippen LogP contribution is -2.43. The van der Waals surface area contributed by atoms with E-state index < -0.39 is 17.6 Å². The van der Waals surface area contributed by atoms with Gasteiger partial charge in [0.15, 0.2) is 5.75 Å². The fraction of sp³-hybridized carbons (Fsp3) is 0.538. The number of piperazine rings is 1. The molecule has 0 unspecified atom stereocenters. The van der Waals surface area contributed by atoms with Gasteiger partial charge >= 0.3 is 17.6 Å². The summed E-state index contributed by atoms with van der Waals surface area (Å²) in [5.41, 5.74) is 1.41. The second kappa shape index (κ2) is 7.14. The average molecular weight is 346 g/mol. The Labute approximate surface area is 135 Å². The third-order valence-corrected chi connectivity index (χ3v) is 4.36. The minimum Gasteiger partial charge on any atom is -0.423 e. The van der Waals surface area contributed by atoms with Gasteiger partial charge in [0, 0.05) is 32.7 Å². The number of halogens is 1. The van der Waals surface area contributed by atoms with E-state index in [1.165, 1.54) is 6.92 Å². The molecule has 0 spiro atoms. The van der Waals surface area contributed by atoms with Crippen molar-refractivity contribution in [1.82, 2.24) is 10.2 Å². The van der Waals surface area contributed by atoms with E-state index in [1.54, 1.807) is 13.0 Å². The summed E-state index contributed by atoms with van der Waals surface area (Å²) in [5.74, 6) is -0.191. The number of hydrogen-bond donors (Lipinski definition) is 3. The molecule has 1 aliphatic heterocycles. The summed E-state index contributed by atoms with van der Waals surface area (Å²) in [6.07, 6.45) is 0. The number of nitrogens with one attached hydrogen (secondary N) is 1. The van der Waals surface area contributed by atoms with Crippen molar-refractivity contribution in [3.63, 3.8) is 0 Å². The van der Waals surface area contributed by atoms with Crippen molar-refractivity contribution in [1.29, 1.82) is 0 Å². The molecule has 1 saturated heterocycles. The van der Waals surface area contributed by atoms with E-state index in [4.69, 9.17) is 0 Å². The lowest BCUT2D eigenvalue weighted by atomic mass is 9.75. The Hall–Kier alpha value is -1.20. The van der Waals surface area contributed by atoms with Crippen LogP contribution in [0.25, 0.3) is 0 Å². The van der Waals surface area contributed by atoms with Gasteiger partial charge in [-0.1, -0.05) is 9.95 Å². The third-order valence-electron chi connectivity index (χ3n) is 3.99. The Morgan fingerprint density at radius 3 is 2.43 bits per heavy atom. The highest BCUT2D eigenvalue weighted by Crippen LogP contribution is 2.28. The zero-order chi connectivity index (χ0) is 17.2. The SMILES string of the molecule is Cc1c(CN2CCNCC2)cc(B(O)O)c(C)c1OS(=O)(=O)F. The van der Waals surface area contributed by atoms with Crippen LogP contribution in [0.4, 0.5) is 3.89 Å². The van der Waals surface area contributed by atoms with Crippen LogP contribution in [0.15, 0.2) is 6.07 Å². The molecule has 1 aromatic carbocycles. The van der Waals surface area contributed by atoms with Crippen LogP contribution in [-0.2, 0) is 17.0 Å². The third kappa shape index (κ3) is 4.64. The molecule has 0 aromatic heterocycles. The molecule has 1 aliphatic rings. The molecule has 0 bridgehead atoms. The van der Waals surface area contributed by atoms with E-state index in [0.717, 1.165) is 26.2 Å². The molecule has 1 aromatic rings. The minimum atomic E-state index is -5.20. The van der Waals surface area contributed by atoms with Gasteiger partial charge in [0.05, 0.1) is 0 Å². The van der Waals surface area contributed by atoms with Crippen LogP contribution in [0.2, 0.25) is 0 Å². The minimum absolute atomic E-state index is 0.0967. The highest BCUT2D eigenvalue weighted by atomic mass is 32.3. The number of nitrogens with zero attached hydrogens (tertiary/aromatic N) is 1. The van der Waals surface area contributed by atoms with Gasteiger partial charge in [-0.2, -0.15) is 8.42 Å². The number of benzene rings is 1. The van der Waals surface area contributed by atoms with Crippen molar-refractivity contribution in [3.05, 3.63) is 22.8 Å². The first-order chi connectivity index (χ1) is 10.7. The van der Waals surface area contributed by atoms with Gasteiger partial charge in [-0.25, -0.2) is 0 Å². The number of hydrogen-bond acceptors (Lipinski definition) is 7. The van der Waals surface area contributed by atoms with Gasteiger partial charge in [-0.15, -0.1) is 0 Å². The van der Waals surface area contributed by atoms with Crippen molar-refractivity contribution >= 4 is 23.1 Å². The predicted octanol–water partition coefficient (Wildman–Crippen LogP) is -1.02. The normalized spacial score (nSPS) is 16.4. The van der Waals surface area contributed by atoms with E-state index in [1.807, 2.05) is 0 Å². The summed E-state index contributed by atoms with van der Waals surface area (Å²) in [4.78, 5) is 2.13. The largest absolute Gasteiger partial charge is 0.488 e. The summed E-state index contributed by atoms with van der Waals surface area (Å²) in [6, 6.07) is 1.59. The summed E-state index contributed by atoms with van der Waals surface area (Å²) >= 11 is 0. The molecule has 0 amide bonds. The van der Waals surface area contributed by atoms with E-state index in [0.29, 0.717) is 17.7 Å². The quantitative estimate of drug-likeness (QED) is 0.464. The van der Waals surface area contributed by atoms with Crippen LogP contribution >= 0.6 is 0 Å². The lowest BCUT2D eigenvalue weighted by Gasteiger charge is -2.28. The van der Waals surface area contributed by atoms with Crippen LogP contribution in [0.1, 0.15) is 16.7 Å². The van der Waals surface area contributed by atoms with Gasteiger partial charge in [0.25, 0.3) is 0 Å². The molecule has 7 nitrogen and oxygen atoms in total. The summed E-state index contributed by atoms with van der Waals surface area (Å²) < 4.78 is 39.1. The van der Waals surface area contributed by atoms with Gasteiger partial charge in [0.2, 0.25) is 0 Å². The Bertz CT molecular complexity index is 677. The fourth-order valence-electron chi connectivity index (χ4n) is 2.73. The molecule has 0 radical (unpaired) electrons. The van der Waals surface area contributed by atoms with Crippen LogP contribution in [0.5, 0.6) is 5.75 Å². The van der Waals surface area contributed by atoms with Crippen LogP contribution in [0.3, 0.4) is 0 Å². The van der Waals surface area contributed by atoms with Crippen molar-refractivity contribution < 1.29 is 26.5 Å². The molecular weight excluding hydrogens is 326 g/mol. The molecule has 0 atom stereocenters. The second-order valence-corrected chi connectivity index (χ2v) is 6.53. The summed E-state index contributed by atoms with van der Waals surface area (Å²) in [7, 11) is -7.01. The molecule has 128 valence electrons. The standard InChI is InChI=1S/C13H20BFN2O5S/c1-9-11(8-17-5-3-16-4-6-17)7-12(14(18)19)10(2)13(9)22-23(15,20)21/h7,16,18-19H,3-6,8H2,1-2H3. The molecule has 0 saturated carbocycles. The van der Waals surface area contributed by atoms with Crippen molar-refractivity contribution in [2.45, 2.75) is 20.4 Å². The molecule has 2 rings (SSSR count). The monoisotopic (exact) mass is 346 g/mol. The summed E-state index contributed by atoms with van der Waals surface area (Å²) in [6.45, 7) is 6.85. The van der Waals surface area contributed by atoms with Crippen molar-refractivity contribution in [2.24, 2.45) is 0 Å². The maximum absolute atomic E-state index is 13.0. The van der Waals surface area contributed by atoms with Crippen LogP contribution in [-0.4, -0.2) is 56.7 Å². The fourth-order valence-corrected chi connectivity index (χ4v) is 3.18. The van der Waals surface area contributed by atoms with E-state index >= 15 is 0 Å². The zero-order valence-electron chi connectivity index (χ0n) is 13.0. The second-order valence-electron chi connectivity index (χ2n) is 5.58. The first-order valence-electron chi connectivity index (χ1n) is 7.25. The van der Waals surface area contributed by atoms with E-state index in [-0.39, 0.29) is 16.8 Å². The zero-order valence-corrected chi connectivity index (χ0v) is 13.9. The maximum Gasteiger partial charge on any atom is 0.488 e. The Kier molecular flexibility index (Phi) is 5.63. The Balaban J connectivity index is 2.44. The first-order valence-corrected chi connectivity index (χ1v) is 8.56. The average Bonchev–Trinajstić information content (AvgIpc) is 2.46. The topological polar surface area (TPSA) is 99.1 Å². The van der Waals surface area contributed by atoms with Gasteiger partial charge in [-0.05, 0) is 36.0 Å². The highest BCUT2D eigenvalue weighted by molar-refractivity contribution is 7.81. The Morgan fingerprint density at radius 1 is 1.30 bits per heavy atom. The lowest BCUT2D eigenvalue weighted by molar-refractivity contribution is 0.232. The highest BCUT2D eigenvalue weighted by Gasteiger charge is 2.25. The summed E-state index contributed by atoms with van der Waals surface area (Å²) in [5, 5.41) is 22.2. The first kappa shape index (κ1) is 18.1. The van der Waals surface area contributed by atoms with Crippen LogP contribution < -0.4 is 15.0 Å². The molecule has 3 N–H and O–H groups in total. The molecule has 10 heteroatoms. The van der Waals surface area contributed by atoms with E-state index in [9.17, 15) is 22.4 Å². The van der Waals surface area contributed by atoms with Gasteiger partial charge < -0.3 is 19.5 Å². The predicted molar refractivity (Wildman–Crippen MR) is 84.5 cm³/mol. The van der Waals surface area contributed by atoms with Crippen molar-refractivity contribution in [3.8, 4) is 5.75 Å². The molecule has 1 fully saturated rings. The molecule has 0 aliphatic carbocycles. The van der Waals surface area contributed by atoms with E-state index in [2.05, 4.69) is 14.4 Å². The maximum atomic E-state index is 13.0. The molecule has 1 heterocycles. The molecular formula is C13H20BFN2O5S. The Morgan fingerprint density at radius 2 is 1.91 bits per heavy atom. The smallest absolute Gasteiger partial charge is 0.423 e. The number of rotatable bonds is 5. The van der Waals surface area contributed by atoms with Gasteiger partial charge in [-0.3, -0.25) is 4.90 Å². The van der Waals surface area contributed by atoms with Crippen LogP contribution in [0, 0.1) is 13.8 Å². The van der Waals surface area contributed by atoms with Crippen molar-refractivity contribution in [2.75, 3.05) is 26.2 Å².